The van der Waals surface area contributed by atoms with E-state index in [0.717, 1.165) is 16.7 Å². The summed E-state index contributed by atoms with van der Waals surface area (Å²) >= 11 is 0. The fraction of sp³-hybridized carbons (Fsp3) is 0.211. The number of aryl methyl sites for hydroxylation is 2. The molecule has 7 heteroatoms. The summed E-state index contributed by atoms with van der Waals surface area (Å²) in [5.74, 6) is -1.18. The number of hydrazone groups is 1. The Hall–Kier alpha value is -2.96. The highest BCUT2D eigenvalue weighted by atomic mass is 19.4. The average Bonchev–Trinajstić information content (AvgIpc) is 2.60. The van der Waals surface area contributed by atoms with E-state index in [1.54, 1.807) is 25.1 Å². The van der Waals surface area contributed by atoms with Crippen LogP contribution in [-0.2, 0) is 6.18 Å². The maximum Gasteiger partial charge on any atom is 0.451 e. The number of para-hydroxylation sites is 1. The van der Waals surface area contributed by atoms with Crippen LogP contribution in [0.25, 0.3) is 10.9 Å². The molecule has 0 unspecified atom stereocenters. The van der Waals surface area contributed by atoms with Crippen LogP contribution in [0.4, 0.5) is 19.0 Å². The van der Waals surface area contributed by atoms with E-state index in [0.29, 0.717) is 11.1 Å². The Balaban J connectivity index is 2.04. The highest BCUT2D eigenvalue weighted by Crippen LogP contribution is 2.30. The molecule has 0 saturated heterocycles. The third kappa shape index (κ3) is 3.66. The number of nitrogens with one attached hydrogen (secondary N) is 1. The van der Waals surface area contributed by atoms with Gasteiger partial charge in [0.1, 0.15) is 0 Å². The lowest BCUT2D eigenvalue weighted by molar-refractivity contribution is -0.144. The van der Waals surface area contributed by atoms with Crippen LogP contribution in [0.15, 0.2) is 47.6 Å². The first-order chi connectivity index (χ1) is 12.3. The SMILES string of the molecule is C/C(=N/Nc1nc(C(F)(F)F)nc2ccccc12)c1cc(C)ccc1C. The van der Waals surface area contributed by atoms with Crippen LogP contribution in [-0.4, -0.2) is 15.7 Å². The van der Waals surface area contributed by atoms with Crippen molar-refractivity contribution in [1.29, 1.82) is 0 Å². The topological polar surface area (TPSA) is 50.2 Å². The number of alkyl halides is 3. The van der Waals surface area contributed by atoms with Gasteiger partial charge in [-0.25, -0.2) is 9.97 Å². The summed E-state index contributed by atoms with van der Waals surface area (Å²) in [7, 11) is 0. The molecule has 2 aromatic carbocycles. The summed E-state index contributed by atoms with van der Waals surface area (Å²) in [4.78, 5) is 7.22. The molecular formula is C19H17F3N4. The number of halogens is 3. The number of rotatable bonds is 3. The lowest BCUT2D eigenvalue weighted by atomic mass is 10.0. The van der Waals surface area contributed by atoms with Crippen molar-refractivity contribution in [3.8, 4) is 0 Å². The van der Waals surface area contributed by atoms with Crippen LogP contribution < -0.4 is 5.43 Å². The van der Waals surface area contributed by atoms with Crippen molar-refractivity contribution in [2.24, 2.45) is 5.10 Å². The molecule has 3 rings (SSSR count). The van der Waals surface area contributed by atoms with Gasteiger partial charge in [-0.2, -0.15) is 18.3 Å². The quantitative estimate of drug-likeness (QED) is 0.523. The van der Waals surface area contributed by atoms with E-state index in [2.05, 4.69) is 20.5 Å². The lowest BCUT2D eigenvalue weighted by Gasteiger charge is -2.11. The van der Waals surface area contributed by atoms with E-state index in [1.807, 2.05) is 32.0 Å². The van der Waals surface area contributed by atoms with E-state index in [-0.39, 0.29) is 11.3 Å². The van der Waals surface area contributed by atoms with Gasteiger partial charge in [-0.15, -0.1) is 0 Å². The maximum atomic E-state index is 13.1. The van der Waals surface area contributed by atoms with Gasteiger partial charge in [-0.05, 0) is 44.5 Å². The van der Waals surface area contributed by atoms with Gasteiger partial charge in [0.25, 0.3) is 0 Å². The molecule has 3 aromatic rings. The Bertz CT molecular complexity index is 994. The standard InChI is InChI=1S/C19H17F3N4/c1-11-8-9-12(2)15(10-11)13(3)25-26-17-14-6-4-5-7-16(14)23-18(24-17)19(20,21)22/h4-10H,1-3H3,(H,23,24,26)/b25-13-. The fourth-order valence-corrected chi connectivity index (χ4v) is 2.61. The van der Waals surface area contributed by atoms with Crippen molar-refractivity contribution in [2.45, 2.75) is 26.9 Å². The molecule has 0 fully saturated rings. The van der Waals surface area contributed by atoms with E-state index in [9.17, 15) is 13.2 Å². The van der Waals surface area contributed by atoms with Crippen molar-refractivity contribution in [3.63, 3.8) is 0 Å². The molecule has 4 nitrogen and oxygen atoms in total. The second kappa shape index (κ2) is 6.74. The summed E-state index contributed by atoms with van der Waals surface area (Å²) in [6.07, 6.45) is -4.63. The van der Waals surface area contributed by atoms with Crippen LogP contribution in [0, 0.1) is 13.8 Å². The maximum absolute atomic E-state index is 13.1. The second-order valence-electron chi connectivity index (χ2n) is 6.04. The second-order valence-corrected chi connectivity index (χ2v) is 6.04. The van der Waals surface area contributed by atoms with E-state index >= 15 is 0 Å². The highest BCUT2D eigenvalue weighted by molar-refractivity contribution is 6.01. The minimum absolute atomic E-state index is 0.0209. The number of nitrogens with zero attached hydrogens (tertiary/aromatic N) is 3. The highest BCUT2D eigenvalue weighted by Gasteiger charge is 2.35. The number of benzene rings is 2. The third-order valence-electron chi connectivity index (χ3n) is 3.97. The summed E-state index contributed by atoms with van der Waals surface area (Å²) in [5, 5.41) is 4.72. The smallest absolute Gasteiger partial charge is 0.260 e. The van der Waals surface area contributed by atoms with Gasteiger partial charge in [0.2, 0.25) is 5.82 Å². The first-order valence-corrected chi connectivity index (χ1v) is 7.97. The Morgan fingerprint density at radius 1 is 1.04 bits per heavy atom. The van der Waals surface area contributed by atoms with Gasteiger partial charge < -0.3 is 0 Å². The first kappa shape index (κ1) is 17.8. The summed E-state index contributed by atoms with van der Waals surface area (Å²) in [5.41, 5.74) is 6.57. The normalized spacial score (nSPS) is 12.5. The predicted octanol–water partition coefficient (Wildman–Crippen LogP) is 5.10. The van der Waals surface area contributed by atoms with Gasteiger partial charge in [0, 0.05) is 10.9 Å². The first-order valence-electron chi connectivity index (χ1n) is 7.97. The Morgan fingerprint density at radius 3 is 2.50 bits per heavy atom. The van der Waals surface area contributed by atoms with Crippen LogP contribution in [0.5, 0.6) is 0 Å². The molecule has 0 radical (unpaired) electrons. The largest absolute Gasteiger partial charge is 0.451 e. The van der Waals surface area contributed by atoms with Crippen molar-refractivity contribution >= 4 is 22.4 Å². The summed E-state index contributed by atoms with van der Waals surface area (Å²) in [6.45, 7) is 5.72. The number of anilines is 1. The van der Waals surface area contributed by atoms with Crippen molar-refractivity contribution < 1.29 is 13.2 Å². The number of aromatic nitrogens is 2. The van der Waals surface area contributed by atoms with Crippen molar-refractivity contribution in [3.05, 3.63) is 65.0 Å². The van der Waals surface area contributed by atoms with Gasteiger partial charge in [0.15, 0.2) is 5.82 Å². The molecule has 1 aromatic heterocycles. The van der Waals surface area contributed by atoms with Crippen LogP contribution in [0.1, 0.15) is 29.4 Å². The van der Waals surface area contributed by atoms with Crippen LogP contribution in [0.2, 0.25) is 0 Å². The molecule has 26 heavy (non-hydrogen) atoms. The average molecular weight is 358 g/mol. The molecule has 0 atom stereocenters. The van der Waals surface area contributed by atoms with Gasteiger partial charge in [0.05, 0.1) is 11.2 Å². The van der Waals surface area contributed by atoms with Crippen LogP contribution in [0.3, 0.4) is 0 Å². The molecule has 134 valence electrons. The molecule has 1 N–H and O–H groups in total. The van der Waals surface area contributed by atoms with Gasteiger partial charge >= 0.3 is 6.18 Å². The van der Waals surface area contributed by atoms with Gasteiger partial charge in [-0.1, -0.05) is 29.8 Å². The Kier molecular flexibility index (Phi) is 4.63. The molecule has 0 bridgehead atoms. The van der Waals surface area contributed by atoms with Gasteiger partial charge in [-0.3, -0.25) is 5.43 Å². The van der Waals surface area contributed by atoms with Crippen molar-refractivity contribution in [2.75, 3.05) is 5.43 Å². The molecular weight excluding hydrogens is 341 g/mol. The Morgan fingerprint density at radius 2 is 1.77 bits per heavy atom. The fourth-order valence-electron chi connectivity index (χ4n) is 2.61. The zero-order valence-corrected chi connectivity index (χ0v) is 14.5. The van der Waals surface area contributed by atoms with Crippen molar-refractivity contribution in [1.82, 2.24) is 9.97 Å². The zero-order valence-electron chi connectivity index (χ0n) is 14.5. The Labute approximate surface area is 148 Å². The summed E-state index contributed by atoms with van der Waals surface area (Å²) in [6, 6.07) is 12.5. The predicted molar refractivity (Wildman–Crippen MR) is 96.3 cm³/mol. The van der Waals surface area contributed by atoms with E-state index in [1.165, 1.54) is 6.07 Å². The minimum atomic E-state index is -4.63. The third-order valence-corrected chi connectivity index (χ3v) is 3.97. The molecule has 0 spiro atoms. The monoisotopic (exact) mass is 358 g/mol. The van der Waals surface area contributed by atoms with E-state index < -0.39 is 12.0 Å². The zero-order chi connectivity index (χ0) is 18.9. The van der Waals surface area contributed by atoms with E-state index in [4.69, 9.17) is 0 Å². The number of hydrogen-bond acceptors (Lipinski definition) is 4. The lowest BCUT2D eigenvalue weighted by Crippen LogP contribution is -2.13. The molecule has 0 amide bonds. The van der Waals surface area contributed by atoms with Crippen LogP contribution >= 0.6 is 0 Å². The molecule has 0 aliphatic rings. The molecule has 1 heterocycles. The number of hydrogen-bond donors (Lipinski definition) is 1. The molecule has 0 aliphatic carbocycles. The summed E-state index contributed by atoms with van der Waals surface area (Å²) < 4.78 is 39.2. The minimum Gasteiger partial charge on any atom is -0.260 e. The molecule has 0 saturated carbocycles. The number of fused-ring (bicyclic) bond motifs is 1. The molecule has 0 aliphatic heterocycles.